The molecule has 0 saturated heterocycles. The molecule has 1 rings (SSSR count). The lowest BCUT2D eigenvalue weighted by Gasteiger charge is -2.06. The second-order valence-electron chi connectivity index (χ2n) is 2.90. The number of nitrogens with one attached hydrogen (secondary N) is 2. The van der Waals surface area contributed by atoms with Crippen LogP contribution in [-0.2, 0) is 4.79 Å². The van der Waals surface area contributed by atoms with Crippen LogP contribution < -0.4 is 10.6 Å². The maximum absolute atomic E-state index is 10.6. The number of anilines is 1. The van der Waals surface area contributed by atoms with Crippen molar-refractivity contribution in [3.8, 4) is 0 Å². The highest BCUT2D eigenvalue weighted by atomic mass is 16.1. The van der Waals surface area contributed by atoms with Crippen molar-refractivity contribution in [1.29, 1.82) is 0 Å². The third kappa shape index (κ3) is 3.38. The molecule has 14 heavy (non-hydrogen) atoms. The molecule has 0 bridgehead atoms. The fraction of sp³-hybridized carbons (Fsp3) is 0.444. The molecule has 0 aromatic carbocycles. The van der Waals surface area contributed by atoms with Crippen LogP contribution in [-0.4, -0.2) is 29.0 Å². The molecule has 0 fully saturated rings. The van der Waals surface area contributed by atoms with Crippen LogP contribution in [0.1, 0.15) is 12.6 Å². The van der Waals surface area contributed by atoms with Crippen LogP contribution >= 0.6 is 0 Å². The van der Waals surface area contributed by atoms with Gasteiger partial charge in [-0.1, -0.05) is 0 Å². The Morgan fingerprint density at radius 3 is 2.71 bits per heavy atom. The maximum Gasteiger partial charge on any atom is 0.216 e. The van der Waals surface area contributed by atoms with E-state index in [1.807, 2.05) is 6.92 Å². The number of hydrogen-bond acceptors (Lipinski definition) is 4. The number of amides is 1. The summed E-state index contributed by atoms with van der Waals surface area (Å²) >= 11 is 0. The van der Waals surface area contributed by atoms with Crippen molar-refractivity contribution in [1.82, 2.24) is 15.3 Å². The quantitative estimate of drug-likeness (QED) is 0.678. The Bertz CT molecular complexity index is 313. The van der Waals surface area contributed by atoms with E-state index < -0.39 is 0 Å². The summed E-state index contributed by atoms with van der Waals surface area (Å²) < 4.78 is 0. The summed E-state index contributed by atoms with van der Waals surface area (Å²) in [5.74, 6) is 0.737. The molecule has 5 heteroatoms. The van der Waals surface area contributed by atoms with Gasteiger partial charge in [-0.05, 0) is 6.92 Å². The van der Waals surface area contributed by atoms with Gasteiger partial charge in [0.15, 0.2) is 0 Å². The molecule has 0 aliphatic heterocycles. The minimum absolute atomic E-state index is 0.0253. The summed E-state index contributed by atoms with van der Waals surface area (Å²) in [6.07, 6.45) is 3.28. The zero-order valence-corrected chi connectivity index (χ0v) is 8.37. The Labute approximate surface area is 83.0 Å². The molecule has 0 atom stereocenters. The molecular formula is C9H14N4O. The monoisotopic (exact) mass is 194 g/mol. The minimum Gasteiger partial charge on any atom is -0.367 e. The van der Waals surface area contributed by atoms with Crippen molar-refractivity contribution in [2.75, 3.05) is 18.4 Å². The average molecular weight is 194 g/mol. The molecule has 1 aromatic heterocycles. The van der Waals surface area contributed by atoms with Gasteiger partial charge in [0.05, 0.1) is 5.69 Å². The van der Waals surface area contributed by atoms with Crippen LogP contribution in [0.15, 0.2) is 12.4 Å². The fourth-order valence-electron chi connectivity index (χ4n) is 1.00. The first kappa shape index (κ1) is 10.4. The molecule has 0 aliphatic carbocycles. The van der Waals surface area contributed by atoms with E-state index in [-0.39, 0.29) is 5.91 Å². The predicted molar refractivity (Wildman–Crippen MR) is 53.9 cm³/mol. The molecule has 0 saturated carbocycles. The van der Waals surface area contributed by atoms with Crippen LogP contribution in [0.25, 0.3) is 0 Å². The highest BCUT2D eigenvalue weighted by Crippen LogP contribution is 2.04. The van der Waals surface area contributed by atoms with Crippen LogP contribution in [0.3, 0.4) is 0 Å². The first-order chi connectivity index (χ1) is 6.70. The summed E-state index contributed by atoms with van der Waals surface area (Å²) in [4.78, 5) is 18.7. The number of carbonyl (C=O) groups is 1. The molecule has 1 aromatic rings. The van der Waals surface area contributed by atoms with E-state index >= 15 is 0 Å². The standard InChI is InChI=1S/C9H14N4O/c1-7-9(12-5-3-10-7)13-6-4-11-8(2)14/h3,5H,4,6H2,1-2H3,(H,11,14)(H,12,13). The van der Waals surface area contributed by atoms with Crippen molar-refractivity contribution >= 4 is 11.7 Å². The molecule has 76 valence electrons. The Morgan fingerprint density at radius 1 is 1.36 bits per heavy atom. The van der Waals surface area contributed by atoms with E-state index in [0.717, 1.165) is 11.5 Å². The second kappa shape index (κ2) is 5.16. The average Bonchev–Trinajstić information content (AvgIpc) is 2.15. The van der Waals surface area contributed by atoms with Crippen molar-refractivity contribution < 1.29 is 4.79 Å². The molecule has 0 unspecified atom stereocenters. The molecular weight excluding hydrogens is 180 g/mol. The second-order valence-corrected chi connectivity index (χ2v) is 2.90. The number of rotatable bonds is 4. The normalized spacial score (nSPS) is 9.57. The highest BCUT2D eigenvalue weighted by molar-refractivity contribution is 5.72. The smallest absolute Gasteiger partial charge is 0.216 e. The van der Waals surface area contributed by atoms with Gasteiger partial charge in [-0.25, -0.2) is 4.98 Å². The lowest BCUT2D eigenvalue weighted by molar-refractivity contribution is -0.118. The van der Waals surface area contributed by atoms with Crippen molar-refractivity contribution in [2.24, 2.45) is 0 Å². The molecule has 5 nitrogen and oxygen atoms in total. The van der Waals surface area contributed by atoms with E-state index in [2.05, 4.69) is 20.6 Å². The Hall–Kier alpha value is -1.65. The van der Waals surface area contributed by atoms with Crippen LogP contribution in [0, 0.1) is 6.92 Å². The number of hydrogen-bond donors (Lipinski definition) is 2. The minimum atomic E-state index is -0.0253. The number of aromatic nitrogens is 2. The molecule has 2 N–H and O–H groups in total. The topological polar surface area (TPSA) is 66.9 Å². The number of carbonyl (C=O) groups excluding carboxylic acids is 1. The predicted octanol–water partition coefficient (Wildman–Crippen LogP) is 0.333. The molecule has 1 amide bonds. The van der Waals surface area contributed by atoms with Crippen molar-refractivity contribution in [2.45, 2.75) is 13.8 Å². The van der Waals surface area contributed by atoms with Crippen molar-refractivity contribution in [3.05, 3.63) is 18.1 Å². The maximum atomic E-state index is 10.6. The van der Waals surface area contributed by atoms with Gasteiger partial charge in [0, 0.05) is 32.4 Å². The number of aryl methyl sites for hydroxylation is 1. The number of nitrogens with zero attached hydrogens (tertiary/aromatic N) is 2. The lowest BCUT2D eigenvalue weighted by Crippen LogP contribution is -2.26. The van der Waals surface area contributed by atoms with E-state index in [0.29, 0.717) is 13.1 Å². The van der Waals surface area contributed by atoms with Gasteiger partial charge in [0.2, 0.25) is 5.91 Å². The van der Waals surface area contributed by atoms with Crippen LogP contribution in [0.2, 0.25) is 0 Å². The first-order valence-electron chi connectivity index (χ1n) is 4.46. The van der Waals surface area contributed by atoms with E-state index in [1.165, 1.54) is 6.92 Å². The zero-order valence-electron chi connectivity index (χ0n) is 8.37. The van der Waals surface area contributed by atoms with Gasteiger partial charge >= 0.3 is 0 Å². The van der Waals surface area contributed by atoms with Crippen molar-refractivity contribution in [3.63, 3.8) is 0 Å². The van der Waals surface area contributed by atoms with Gasteiger partial charge < -0.3 is 10.6 Å². The van der Waals surface area contributed by atoms with Gasteiger partial charge in [-0.3, -0.25) is 9.78 Å². The highest BCUT2D eigenvalue weighted by Gasteiger charge is 1.97. The summed E-state index contributed by atoms with van der Waals surface area (Å²) in [6.45, 7) is 4.62. The Balaban J connectivity index is 2.31. The lowest BCUT2D eigenvalue weighted by atomic mass is 10.4. The summed E-state index contributed by atoms with van der Waals surface area (Å²) in [5.41, 5.74) is 0.857. The summed E-state index contributed by atoms with van der Waals surface area (Å²) in [7, 11) is 0. The Morgan fingerprint density at radius 2 is 2.07 bits per heavy atom. The van der Waals surface area contributed by atoms with E-state index in [1.54, 1.807) is 12.4 Å². The SMILES string of the molecule is CC(=O)NCCNc1nccnc1C. The van der Waals surface area contributed by atoms with Gasteiger partial charge in [-0.15, -0.1) is 0 Å². The Kier molecular flexibility index (Phi) is 3.84. The van der Waals surface area contributed by atoms with Crippen LogP contribution in [0.4, 0.5) is 5.82 Å². The van der Waals surface area contributed by atoms with Gasteiger partial charge in [-0.2, -0.15) is 0 Å². The van der Waals surface area contributed by atoms with E-state index in [4.69, 9.17) is 0 Å². The van der Waals surface area contributed by atoms with Crippen LogP contribution in [0.5, 0.6) is 0 Å². The summed E-state index contributed by atoms with van der Waals surface area (Å²) in [5, 5.41) is 5.77. The first-order valence-corrected chi connectivity index (χ1v) is 4.46. The molecule has 0 radical (unpaired) electrons. The summed E-state index contributed by atoms with van der Waals surface area (Å²) in [6, 6.07) is 0. The fourth-order valence-corrected chi connectivity index (χ4v) is 1.00. The van der Waals surface area contributed by atoms with E-state index in [9.17, 15) is 4.79 Å². The molecule has 0 spiro atoms. The third-order valence-corrected chi connectivity index (χ3v) is 1.67. The largest absolute Gasteiger partial charge is 0.367 e. The van der Waals surface area contributed by atoms with Gasteiger partial charge in [0.1, 0.15) is 5.82 Å². The molecule has 1 heterocycles. The zero-order chi connectivity index (χ0) is 10.4. The third-order valence-electron chi connectivity index (χ3n) is 1.67. The van der Waals surface area contributed by atoms with Gasteiger partial charge in [0.25, 0.3) is 0 Å². The molecule has 0 aliphatic rings.